The summed E-state index contributed by atoms with van der Waals surface area (Å²) < 4.78 is 10.6. The van der Waals surface area contributed by atoms with Gasteiger partial charge in [0, 0.05) is 12.8 Å². The fraction of sp³-hybridized carbons (Fsp3) is 0.947. The van der Waals surface area contributed by atoms with Gasteiger partial charge in [-0.2, -0.15) is 0 Å². The number of ether oxygens (including phenoxy) is 2. The van der Waals surface area contributed by atoms with Gasteiger partial charge in [-0.1, -0.05) is 187 Å². The topological polar surface area (TPSA) is 72.8 Å². The van der Waals surface area contributed by atoms with E-state index in [1.165, 1.54) is 154 Å². The molecule has 0 amide bonds. The summed E-state index contributed by atoms with van der Waals surface area (Å²) in [6.45, 7) is 4.15. The highest BCUT2D eigenvalue weighted by molar-refractivity contribution is 5.70. The van der Waals surface area contributed by atoms with Gasteiger partial charge >= 0.3 is 11.9 Å². The smallest absolute Gasteiger partial charge is 0.306 e. The zero-order valence-electron chi connectivity index (χ0n) is 29.0. The Bertz CT molecular complexity index is 579. The lowest BCUT2D eigenvalue weighted by Crippen LogP contribution is -2.28. The summed E-state index contributed by atoms with van der Waals surface area (Å²) >= 11 is 0. The maximum Gasteiger partial charge on any atom is 0.306 e. The van der Waals surface area contributed by atoms with Crippen LogP contribution in [-0.4, -0.2) is 36.4 Å². The summed E-state index contributed by atoms with van der Waals surface area (Å²) in [5.41, 5.74) is 0. The van der Waals surface area contributed by atoms with E-state index >= 15 is 0 Å². The van der Waals surface area contributed by atoms with Crippen molar-refractivity contribution in [3.8, 4) is 0 Å². The second-order valence-corrected chi connectivity index (χ2v) is 13.0. The SMILES string of the molecule is CCCCCCCCCCCCCCCCCCCCC(=O)OC(CO)COC(=O)CCCCCCCCCCCCC. The number of hydrogen-bond acceptors (Lipinski definition) is 5. The van der Waals surface area contributed by atoms with Crippen LogP contribution in [0.3, 0.4) is 0 Å². The van der Waals surface area contributed by atoms with Crippen LogP contribution in [0.25, 0.3) is 0 Å². The fourth-order valence-electron chi connectivity index (χ4n) is 5.73. The molecule has 5 nitrogen and oxygen atoms in total. The number of aliphatic hydroxyl groups excluding tert-OH is 1. The Kier molecular flexibility index (Phi) is 34.5. The molecule has 0 aromatic heterocycles. The minimum atomic E-state index is -0.760. The van der Waals surface area contributed by atoms with Crippen molar-refractivity contribution in [1.29, 1.82) is 0 Å². The number of carbonyl (C=O) groups is 2. The molecule has 1 N–H and O–H groups in total. The third-order valence-corrected chi connectivity index (χ3v) is 8.65. The summed E-state index contributed by atoms with van der Waals surface area (Å²) in [5, 5.41) is 9.52. The Morgan fingerprint density at radius 2 is 0.721 bits per heavy atom. The lowest BCUT2D eigenvalue weighted by atomic mass is 10.0. The van der Waals surface area contributed by atoms with E-state index < -0.39 is 6.10 Å². The minimum absolute atomic E-state index is 0.0573. The second kappa shape index (κ2) is 35.4. The van der Waals surface area contributed by atoms with Crippen molar-refractivity contribution in [1.82, 2.24) is 0 Å². The molecule has 0 heterocycles. The van der Waals surface area contributed by atoms with Crippen LogP contribution in [0.4, 0.5) is 0 Å². The molecular weight excluding hydrogens is 536 g/mol. The molecular formula is C38H74O5. The van der Waals surface area contributed by atoms with E-state index in [0.29, 0.717) is 12.8 Å². The number of aliphatic hydroxyl groups is 1. The molecule has 0 fully saturated rings. The molecule has 5 heteroatoms. The molecule has 0 bridgehead atoms. The minimum Gasteiger partial charge on any atom is -0.462 e. The number of hydrogen-bond donors (Lipinski definition) is 1. The molecule has 0 spiro atoms. The zero-order valence-corrected chi connectivity index (χ0v) is 29.0. The highest BCUT2D eigenvalue weighted by Crippen LogP contribution is 2.15. The van der Waals surface area contributed by atoms with Crippen LogP contribution in [0, 0.1) is 0 Å². The average Bonchev–Trinajstić information content (AvgIpc) is 3.01. The summed E-state index contributed by atoms with van der Waals surface area (Å²) in [6, 6.07) is 0. The van der Waals surface area contributed by atoms with Crippen LogP contribution < -0.4 is 0 Å². The van der Waals surface area contributed by atoms with Crippen molar-refractivity contribution in [2.75, 3.05) is 13.2 Å². The highest BCUT2D eigenvalue weighted by atomic mass is 16.6. The van der Waals surface area contributed by atoms with Crippen molar-refractivity contribution in [3.05, 3.63) is 0 Å². The van der Waals surface area contributed by atoms with Gasteiger partial charge in [0.25, 0.3) is 0 Å². The van der Waals surface area contributed by atoms with Gasteiger partial charge in [0.15, 0.2) is 6.10 Å². The van der Waals surface area contributed by atoms with Crippen molar-refractivity contribution >= 4 is 11.9 Å². The molecule has 0 aliphatic heterocycles. The number of rotatable bonds is 35. The van der Waals surface area contributed by atoms with Gasteiger partial charge in [-0.25, -0.2) is 0 Å². The van der Waals surface area contributed by atoms with E-state index in [1.54, 1.807) is 0 Å². The van der Waals surface area contributed by atoms with Crippen molar-refractivity contribution in [3.63, 3.8) is 0 Å². The molecule has 0 aromatic carbocycles. The Morgan fingerprint density at radius 1 is 0.442 bits per heavy atom. The van der Waals surface area contributed by atoms with Crippen LogP contribution >= 0.6 is 0 Å². The molecule has 0 rings (SSSR count). The molecule has 43 heavy (non-hydrogen) atoms. The lowest BCUT2D eigenvalue weighted by Gasteiger charge is -2.15. The van der Waals surface area contributed by atoms with Gasteiger partial charge in [-0.3, -0.25) is 9.59 Å². The van der Waals surface area contributed by atoms with Crippen molar-refractivity contribution in [2.24, 2.45) is 0 Å². The predicted molar refractivity (Wildman–Crippen MR) is 182 cm³/mol. The first-order valence-corrected chi connectivity index (χ1v) is 19.1. The van der Waals surface area contributed by atoms with Gasteiger partial charge in [0.2, 0.25) is 0 Å². The van der Waals surface area contributed by atoms with Crippen LogP contribution in [0.5, 0.6) is 0 Å². The standard InChI is InChI=1S/C38H74O5/c1-3-5-7-9-11-13-15-16-17-18-19-20-21-23-25-27-29-31-33-38(41)43-36(34-39)35-42-37(40)32-30-28-26-24-22-14-12-10-8-6-4-2/h36,39H,3-35H2,1-2H3. The maximum absolute atomic E-state index is 12.1. The molecule has 0 radical (unpaired) electrons. The fourth-order valence-corrected chi connectivity index (χ4v) is 5.73. The van der Waals surface area contributed by atoms with E-state index in [4.69, 9.17) is 9.47 Å². The van der Waals surface area contributed by atoms with Crippen molar-refractivity contribution < 1.29 is 24.2 Å². The number of carbonyl (C=O) groups excluding carboxylic acids is 2. The van der Waals surface area contributed by atoms with Crippen LogP contribution in [0.1, 0.15) is 213 Å². The van der Waals surface area contributed by atoms with Crippen LogP contribution in [-0.2, 0) is 19.1 Å². The number of unbranched alkanes of at least 4 members (excludes halogenated alkanes) is 27. The van der Waals surface area contributed by atoms with Gasteiger partial charge < -0.3 is 14.6 Å². The monoisotopic (exact) mass is 611 g/mol. The first-order valence-electron chi connectivity index (χ1n) is 19.1. The van der Waals surface area contributed by atoms with Gasteiger partial charge in [-0.05, 0) is 12.8 Å². The summed E-state index contributed by atoms with van der Waals surface area (Å²) in [7, 11) is 0. The van der Waals surface area contributed by atoms with Crippen LogP contribution in [0.15, 0.2) is 0 Å². The van der Waals surface area contributed by atoms with E-state index in [9.17, 15) is 14.7 Å². The summed E-state index contributed by atoms with van der Waals surface area (Å²) in [5.74, 6) is -0.578. The first kappa shape index (κ1) is 41.9. The van der Waals surface area contributed by atoms with Crippen LogP contribution in [0.2, 0.25) is 0 Å². The first-order chi connectivity index (χ1) is 21.1. The van der Waals surface area contributed by atoms with Gasteiger partial charge in [0.1, 0.15) is 6.61 Å². The lowest BCUT2D eigenvalue weighted by molar-refractivity contribution is -0.161. The third kappa shape index (κ3) is 33.6. The van der Waals surface area contributed by atoms with Gasteiger partial charge in [0.05, 0.1) is 6.61 Å². The molecule has 1 atom stereocenters. The van der Waals surface area contributed by atoms with E-state index in [2.05, 4.69) is 13.8 Å². The Morgan fingerprint density at radius 3 is 1.02 bits per heavy atom. The molecule has 256 valence electrons. The highest BCUT2D eigenvalue weighted by Gasteiger charge is 2.16. The molecule has 0 aliphatic rings. The Hall–Kier alpha value is -1.10. The second-order valence-electron chi connectivity index (χ2n) is 13.0. The third-order valence-electron chi connectivity index (χ3n) is 8.65. The largest absolute Gasteiger partial charge is 0.462 e. The molecule has 0 aliphatic carbocycles. The Labute approximate surface area is 268 Å². The van der Waals surface area contributed by atoms with E-state index in [0.717, 1.165) is 32.1 Å². The van der Waals surface area contributed by atoms with Gasteiger partial charge in [-0.15, -0.1) is 0 Å². The predicted octanol–water partition coefficient (Wildman–Crippen LogP) is 11.6. The van der Waals surface area contributed by atoms with Crippen molar-refractivity contribution in [2.45, 2.75) is 219 Å². The zero-order chi connectivity index (χ0) is 31.5. The Balaban J connectivity index is 3.48. The molecule has 0 saturated carbocycles. The number of esters is 2. The maximum atomic E-state index is 12.1. The normalized spacial score (nSPS) is 12.0. The van der Waals surface area contributed by atoms with E-state index in [1.807, 2.05) is 0 Å². The molecule has 1 unspecified atom stereocenters. The molecule has 0 saturated heterocycles. The summed E-state index contributed by atoms with van der Waals surface area (Å²) in [6.07, 6.45) is 37.3. The van der Waals surface area contributed by atoms with E-state index in [-0.39, 0.29) is 25.2 Å². The summed E-state index contributed by atoms with van der Waals surface area (Å²) in [4.78, 5) is 24.2. The quantitative estimate of drug-likeness (QED) is 0.0571. The average molecular weight is 611 g/mol. The molecule has 0 aromatic rings.